The van der Waals surface area contributed by atoms with Gasteiger partial charge in [0.05, 0.1) is 51.1 Å². The Labute approximate surface area is 456 Å². The molecule has 16 heteroatoms. The van der Waals surface area contributed by atoms with Crippen molar-refractivity contribution in [2.45, 2.75) is 173 Å². The smallest absolute Gasteiger partial charge is 0.296 e. The molecule has 0 bridgehead atoms. The maximum absolute atomic E-state index is 13.0. The number of hydrogen-bond donors (Lipinski definition) is 0. The SMILES string of the molecule is C=CC[C@H](C)[C@@H](C[C@@H](CCOCc1ccc(OC)cc1)O[Si](C)(C)C(C)(C)C)OCOC.C=CC[C@H](COS(=O)(=O)c1ccc(C)cc1)[C@@H](C[C@@H](CCOCc1ccc(OC)cc1)O[Si](C)(C)C(C)(C)C)OCOC. The van der Waals surface area contributed by atoms with Crippen molar-refractivity contribution in [3.05, 3.63) is 115 Å². The Hall–Kier alpha value is -3.24. The first-order valence-corrected chi connectivity index (χ1v) is 33.6. The Morgan fingerprint density at radius 3 is 1.40 bits per heavy atom. The van der Waals surface area contributed by atoms with Crippen LogP contribution < -0.4 is 9.47 Å². The molecule has 0 heterocycles. The van der Waals surface area contributed by atoms with Crippen molar-refractivity contribution in [1.82, 2.24) is 0 Å². The summed E-state index contributed by atoms with van der Waals surface area (Å²) in [6, 6.07) is 22.4. The second kappa shape index (κ2) is 33.9. The molecule has 0 aromatic heterocycles. The molecule has 0 fully saturated rings. The van der Waals surface area contributed by atoms with Gasteiger partial charge in [0.2, 0.25) is 0 Å². The molecule has 0 radical (unpaired) electrons. The summed E-state index contributed by atoms with van der Waals surface area (Å²) in [6.45, 7) is 36.9. The second-order valence-electron chi connectivity index (χ2n) is 22.4. The maximum atomic E-state index is 13.0. The summed E-state index contributed by atoms with van der Waals surface area (Å²) in [6.07, 6.45) is 7.47. The third-order valence-electron chi connectivity index (χ3n) is 14.3. The predicted molar refractivity (Wildman–Crippen MR) is 308 cm³/mol. The third-order valence-corrected chi connectivity index (χ3v) is 24.6. The molecule has 0 aliphatic rings. The number of methoxy groups -OCH3 is 4. The topological polar surface area (TPSA) is 136 Å². The number of hydrogen-bond acceptors (Lipinski definition) is 13. The number of allylic oxidation sites excluding steroid dienone is 2. The summed E-state index contributed by atoms with van der Waals surface area (Å²) in [7, 11) is -1.49. The maximum Gasteiger partial charge on any atom is 0.296 e. The van der Waals surface area contributed by atoms with E-state index in [-0.39, 0.29) is 59.4 Å². The van der Waals surface area contributed by atoms with Crippen LogP contribution in [0, 0.1) is 18.8 Å². The summed E-state index contributed by atoms with van der Waals surface area (Å²) in [5.74, 6) is 1.71. The highest BCUT2D eigenvalue weighted by Crippen LogP contribution is 2.40. The van der Waals surface area contributed by atoms with E-state index in [1.54, 1.807) is 58.8 Å². The van der Waals surface area contributed by atoms with Gasteiger partial charge >= 0.3 is 0 Å². The van der Waals surface area contributed by atoms with Crippen LogP contribution in [0.25, 0.3) is 0 Å². The minimum Gasteiger partial charge on any atom is -0.497 e. The van der Waals surface area contributed by atoms with Gasteiger partial charge in [0.15, 0.2) is 16.6 Å². The number of ether oxygens (including phenoxy) is 8. The number of aryl methyl sites for hydroxylation is 1. The van der Waals surface area contributed by atoms with Crippen molar-refractivity contribution in [3.63, 3.8) is 0 Å². The van der Waals surface area contributed by atoms with Gasteiger partial charge in [-0.25, -0.2) is 0 Å². The molecule has 0 spiro atoms. The normalized spacial score (nSPS) is 14.9. The standard InChI is InChI=1S/C33H52O8SSi.C26H46O5Si/c1-10-11-28(24-40-42(34,35)31-18-12-26(2)13-19-31)32(39-25-36-6)22-30(41-43(8,9)33(3,4)5)20-21-38-23-27-14-16-29(37-7)17-15-27;1-10-11-21(2)25(30-20-27-6)18-24(31-32(8,9)26(3,4)5)16-17-29-19-22-12-14-23(28-7)15-13-22/h10,12-19,28,30,32H,1,11,20-25H2,2-9H3;10,12-15,21,24-25H,1,11,16-20H2,2-9H3/t28-,30-,32-;21-,24+,25+/m10/s1. The van der Waals surface area contributed by atoms with Crippen LogP contribution >= 0.6 is 0 Å². The van der Waals surface area contributed by atoms with Crippen molar-refractivity contribution >= 4 is 26.8 Å². The van der Waals surface area contributed by atoms with E-state index < -0.39 is 32.9 Å². The van der Waals surface area contributed by atoms with Crippen molar-refractivity contribution < 1.29 is 59.3 Å². The van der Waals surface area contributed by atoms with E-state index in [1.165, 1.54) is 0 Å². The number of rotatable bonds is 36. The van der Waals surface area contributed by atoms with E-state index in [9.17, 15) is 8.42 Å². The summed E-state index contributed by atoms with van der Waals surface area (Å²) in [5.41, 5.74) is 3.16. The molecule has 13 nitrogen and oxygen atoms in total. The third kappa shape index (κ3) is 25.4. The fraction of sp³-hybridized carbons (Fsp3) is 0.627. The minimum atomic E-state index is -3.94. The van der Waals surface area contributed by atoms with Crippen molar-refractivity contribution in [2.75, 3.05) is 61.8 Å². The molecule has 6 atom stereocenters. The molecule has 3 aromatic carbocycles. The first kappa shape index (κ1) is 67.9. The second-order valence-corrected chi connectivity index (χ2v) is 33.5. The lowest BCUT2D eigenvalue weighted by atomic mass is 9.94. The van der Waals surface area contributed by atoms with Crippen LogP contribution in [-0.2, 0) is 64.8 Å². The average Bonchev–Trinajstić information content (AvgIpc) is 3.35. The zero-order valence-corrected chi connectivity index (χ0v) is 51.7. The number of benzene rings is 3. The van der Waals surface area contributed by atoms with E-state index in [1.807, 2.05) is 61.5 Å². The van der Waals surface area contributed by atoms with Gasteiger partial charge in [-0.05, 0) is 135 Å². The molecule has 3 aromatic rings. The lowest BCUT2D eigenvalue weighted by Crippen LogP contribution is -2.45. The molecule has 0 aliphatic carbocycles. The molecule has 3 rings (SSSR count). The van der Waals surface area contributed by atoms with Crippen LogP contribution in [0.3, 0.4) is 0 Å². The molecule has 426 valence electrons. The molecule has 0 amide bonds. The van der Waals surface area contributed by atoms with Crippen LogP contribution in [0.15, 0.2) is 103 Å². The first-order valence-electron chi connectivity index (χ1n) is 26.4. The van der Waals surface area contributed by atoms with Gasteiger partial charge in [-0.15, -0.1) is 13.2 Å². The monoisotopic (exact) mass is 1100 g/mol. The summed E-state index contributed by atoms with van der Waals surface area (Å²) >= 11 is 0. The van der Waals surface area contributed by atoms with Crippen molar-refractivity contribution in [3.8, 4) is 11.5 Å². The van der Waals surface area contributed by atoms with E-state index in [4.69, 9.17) is 50.9 Å². The van der Waals surface area contributed by atoms with Gasteiger partial charge in [0, 0.05) is 45.6 Å². The van der Waals surface area contributed by atoms with Crippen LogP contribution in [0.2, 0.25) is 36.3 Å². The first-order chi connectivity index (χ1) is 35.3. The molecule has 0 N–H and O–H groups in total. The average molecular weight is 1100 g/mol. The summed E-state index contributed by atoms with van der Waals surface area (Å²) in [5, 5.41) is 0.147. The van der Waals surface area contributed by atoms with Crippen LogP contribution in [0.1, 0.15) is 104 Å². The Balaban J connectivity index is 0.000000537. The fourth-order valence-electron chi connectivity index (χ4n) is 7.49. The van der Waals surface area contributed by atoms with Gasteiger partial charge in [-0.1, -0.05) is 103 Å². The predicted octanol–water partition coefficient (Wildman–Crippen LogP) is 13.9. The van der Waals surface area contributed by atoms with Gasteiger partial charge < -0.3 is 46.7 Å². The van der Waals surface area contributed by atoms with Gasteiger partial charge in [-0.3, -0.25) is 4.18 Å². The highest BCUT2D eigenvalue weighted by atomic mass is 32.2. The highest BCUT2D eigenvalue weighted by molar-refractivity contribution is 7.86. The van der Waals surface area contributed by atoms with Crippen molar-refractivity contribution in [1.29, 1.82) is 0 Å². The Bertz CT molecular complexity index is 2120. The Morgan fingerprint density at radius 1 is 0.600 bits per heavy atom. The molecule has 0 saturated carbocycles. The molecule has 0 unspecified atom stereocenters. The lowest BCUT2D eigenvalue weighted by molar-refractivity contribution is -0.109. The van der Waals surface area contributed by atoms with Gasteiger partial charge in [0.25, 0.3) is 10.1 Å². The van der Waals surface area contributed by atoms with Crippen molar-refractivity contribution in [2.24, 2.45) is 11.8 Å². The lowest BCUT2D eigenvalue weighted by Gasteiger charge is -2.40. The highest BCUT2D eigenvalue weighted by Gasteiger charge is 2.41. The Kier molecular flexibility index (Phi) is 30.7. The van der Waals surface area contributed by atoms with Crippen LogP contribution in [0.5, 0.6) is 11.5 Å². The molecule has 0 aliphatic heterocycles. The summed E-state index contributed by atoms with van der Waals surface area (Å²) < 4.78 is 90.4. The molecular formula is C59H98O13SSi2. The molecular weight excluding hydrogens is 1000 g/mol. The fourth-order valence-corrected chi connectivity index (χ4v) is 11.2. The van der Waals surface area contributed by atoms with Crippen LogP contribution in [-0.4, -0.2) is 111 Å². The minimum absolute atomic E-state index is 0.00380. The quantitative estimate of drug-likeness (QED) is 0.0180. The Morgan fingerprint density at radius 2 is 1.01 bits per heavy atom. The van der Waals surface area contributed by atoms with E-state index in [0.29, 0.717) is 51.6 Å². The largest absolute Gasteiger partial charge is 0.497 e. The zero-order valence-electron chi connectivity index (χ0n) is 48.9. The van der Waals surface area contributed by atoms with Crippen LogP contribution in [0.4, 0.5) is 0 Å². The van der Waals surface area contributed by atoms with E-state index in [0.717, 1.165) is 47.5 Å². The van der Waals surface area contributed by atoms with Gasteiger partial charge in [-0.2, -0.15) is 8.42 Å². The molecule has 0 saturated heterocycles. The molecule has 75 heavy (non-hydrogen) atoms. The van der Waals surface area contributed by atoms with Gasteiger partial charge in [0.1, 0.15) is 25.1 Å². The van der Waals surface area contributed by atoms with E-state index in [2.05, 4.69) is 87.8 Å². The zero-order chi connectivity index (χ0) is 56.3. The summed E-state index contributed by atoms with van der Waals surface area (Å²) in [4.78, 5) is 0.123. The van der Waals surface area contributed by atoms with E-state index >= 15 is 0 Å².